The first kappa shape index (κ1) is 14.4. The first-order valence-corrected chi connectivity index (χ1v) is 7.46. The second kappa shape index (κ2) is 6.06. The quantitative estimate of drug-likeness (QED) is 0.704. The van der Waals surface area contributed by atoms with Gasteiger partial charge in [0.25, 0.3) is 0 Å². The summed E-state index contributed by atoms with van der Waals surface area (Å²) in [5, 5.41) is 0.567. The van der Waals surface area contributed by atoms with Crippen molar-refractivity contribution in [3.05, 3.63) is 65.0 Å². The first-order chi connectivity index (χ1) is 10.7. The van der Waals surface area contributed by atoms with E-state index in [0.29, 0.717) is 16.5 Å². The third kappa shape index (κ3) is 2.75. The van der Waals surface area contributed by atoms with E-state index in [1.807, 2.05) is 43.3 Å². The van der Waals surface area contributed by atoms with Crippen molar-refractivity contribution in [1.82, 2.24) is 0 Å². The molecule has 0 saturated heterocycles. The maximum Gasteiger partial charge on any atom is 0.200 e. The van der Waals surface area contributed by atoms with Gasteiger partial charge in [-0.05, 0) is 31.0 Å². The summed E-state index contributed by atoms with van der Waals surface area (Å²) in [5.41, 5.74) is 1.95. The Hall–Kier alpha value is -2.55. The molecule has 3 nitrogen and oxygen atoms in total. The molecule has 2 aromatic carbocycles. The van der Waals surface area contributed by atoms with Crippen LogP contribution in [0.15, 0.2) is 64.0 Å². The van der Waals surface area contributed by atoms with Crippen LogP contribution in [-0.2, 0) is 0 Å². The van der Waals surface area contributed by atoms with Gasteiger partial charge in [0.05, 0.1) is 17.1 Å². The summed E-state index contributed by atoms with van der Waals surface area (Å²) in [6.07, 6.45) is 2.58. The van der Waals surface area contributed by atoms with Gasteiger partial charge in [-0.1, -0.05) is 37.3 Å². The van der Waals surface area contributed by atoms with Crippen molar-refractivity contribution in [3.8, 4) is 16.9 Å². The van der Waals surface area contributed by atoms with E-state index >= 15 is 0 Å². The van der Waals surface area contributed by atoms with E-state index in [-0.39, 0.29) is 11.5 Å². The minimum atomic E-state index is -0.0254. The summed E-state index contributed by atoms with van der Waals surface area (Å²) in [7, 11) is 0. The third-order valence-corrected chi connectivity index (χ3v) is 3.74. The molecular weight excluding hydrogens is 276 g/mol. The molecule has 1 heterocycles. The van der Waals surface area contributed by atoms with Gasteiger partial charge in [-0.3, -0.25) is 4.79 Å². The van der Waals surface area contributed by atoms with Crippen LogP contribution in [0.2, 0.25) is 0 Å². The fourth-order valence-corrected chi connectivity index (χ4v) is 2.31. The predicted molar refractivity (Wildman–Crippen MR) is 88.3 cm³/mol. The van der Waals surface area contributed by atoms with Gasteiger partial charge in [-0.15, -0.1) is 0 Å². The number of benzene rings is 2. The normalized spacial score (nSPS) is 12.3. The molecule has 3 rings (SSSR count). The molecular formula is C19H18O3. The number of rotatable bonds is 4. The summed E-state index contributed by atoms with van der Waals surface area (Å²) < 4.78 is 11.4. The van der Waals surface area contributed by atoms with Crippen molar-refractivity contribution in [2.24, 2.45) is 0 Å². The molecule has 3 aromatic rings. The van der Waals surface area contributed by atoms with Crippen molar-refractivity contribution in [1.29, 1.82) is 0 Å². The van der Waals surface area contributed by atoms with Crippen molar-refractivity contribution in [2.45, 2.75) is 26.4 Å². The highest BCUT2D eigenvalue weighted by Crippen LogP contribution is 2.23. The lowest BCUT2D eigenvalue weighted by atomic mass is 10.1. The zero-order valence-corrected chi connectivity index (χ0v) is 12.7. The lowest BCUT2D eigenvalue weighted by molar-refractivity contribution is 0.217. The van der Waals surface area contributed by atoms with Gasteiger partial charge in [0.2, 0.25) is 0 Å². The second-order valence-corrected chi connectivity index (χ2v) is 5.34. The Morgan fingerprint density at radius 1 is 1.14 bits per heavy atom. The van der Waals surface area contributed by atoms with E-state index in [2.05, 4.69) is 6.92 Å². The van der Waals surface area contributed by atoms with E-state index in [0.717, 1.165) is 17.7 Å². The van der Waals surface area contributed by atoms with Crippen LogP contribution >= 0.6 is 0 Å². The van der Waals surface area contributed by atoms with Crippen molar-refractivity contribution >= 4 is 11.0 Å². The van der Waals surface area contributed by atoms with E-state index < -0.39 is 0 Å². The van der Waals surface area contributed by atoms with Gasteiger partial charge in [-0.2, -0.15) is 0 Å². The third-order valence-electron chi connectivity index (χ3n) is 3.74. The van der Waals surface area contributed by atoms with Crippen LogP contribution in [0.5, 0.6) is 5.75 Å². The largest absolute Gasteiger partial charge is 0.491 e. The second-order valence-electron chi connectivity index (χ2n) is 5.34. The topological polar surface area (TPSA) is 39.4 Å². The minimum Gasteiger partial charge on any atom is -0.491 e. The smallest absolute Gasteiger partial charge is 0.200 e. The Kier molecular flexibility index (Phi) is 3.96. The van der Waals surface area contributed by atoms with Crippen LogP contribution in [0, 0.1) is 0 Å². The Morgan fingerprint density at radius 3 is 2.64 bits per heavy atom. The summed E-state index contributed by atoms with van der Waals surface area (Å²) in [4.78, 5) is 12.6. The number of fused-ring (bicyclic) bond motifs is 1. The van der Waals surface area contributed by atoms with Crippen LogP contribution in [0.1, 0.15) is 20.3 Å². The standard InChI is InChI=1S/C19H18O3/c1-3-13(2)22-15-9-10-16-18(11-15)21-12-17(19(16)20)14-7-5-4-6-8-14/h4-13H,3H2,1-2H3. The molecule has 0 aliphatic heterocycles. The summed E-state index contributed by atoms with van der Waals surface area (Å²) in [6.45, 7) is 4.08. The molecule has 0 aliphatic carbocycles. The molecule has 1 unspecified atom stereocenters. The molecule has 0 bridgehead atoms. The molecule has 0 fully saturated rings. The van der Waals surface area contributed by atoms with E-state index in [1.165, 1.54) is 6.26 Å². The molecule has 0 aliphatic rings. The van der Waals surface area contributed by atoms with Gasteiger partial charge >= 0.3 is 0 Å². The highest BCUT2D eigenvalue weighted by molar-refractivity contribution is 5.82. The van der Waals surface area contributed by atoms with Gasteiger partial charge in [0, 0.05) is 6.07 Å². The zero-order valence-electron chi connectivity index (χ0n) is 12.7. The molecule has 1 atom stereocenters. The van der Waals surface area contributed by atoms with E-state index in [9.17, 15) is 4.79 Å². The van der Waals surface area contributed by atoms with Gasteiger partial charge < -0.3 is 9.15 Å². The summed E-state index contributed by atoms with van der Waals surface area (Å²) in [6, 6.07) is 14.9. The lowest BCUT2D eigenvalue weighted by Crippen LogP contribution is -2.10. The zero-order chi connectivity index (χ0) is 15.5. The van der Waals surface area contributed by atoms with Gasteiger partial charge in [-0.25, -0.2) is 0 Å². The van der Waals surface area contributed by atoms with Crippen molar-refractivity contribution in [3.63, 3.8) is 0 Å². The predicted octanol–water partition coefficient (Wildman–Crippen LogP) is 4.64. The van der Waals surface area contributed by atoms with Crippen LogP contribution in [0.25, 0.3) is 22.1 Å². The molecule has 22 heavy (non-hydrogen) atoms. The minimum absolute atomic E-state index is 0.0254. The van der Waals surface area contributed by atoms with Gasteiger partial charge in [0.1, 0.15) is 17.6 Å². The summed E-state index contributed by atoms with van der Waals surface area (Å²) in [5.74, 6) is 0.720. The Morgan fingerprint density at radius 2 is 1.91 bits per heavy atom. The number of ether oxygens (including phenoxy) is 1. The highest BCUT2D eigenvalue weighted by atomic mass is 16.5. The Balaban J connectivity index is 2.06. The first-order valence-electron chi connectivity index (χ1n) is 7.46. The molecule has 0 N–H and O–H groups in total. The fraction of sp³-hybridized carbons (Fsp3) is 0.211. The van der Waals surface area contributed by atoms with Crippen molar-refractivity contribution in [2.75, 3.05) is 0 Å². The van der Waals surface area contributed by atoms with E-state index in [1.54, 1.807) is 12.1 Å². The SMILES string of the molecule is CCC(C)Oc1ccc2c(=O)c(-c3ccccc3)coc2c1. The highest BCUT2D eigenvalue weighted by Gasteiger charge is 2.10. The van der Waals surface area contributed by atoms with E-state index in [4.69, 9.17) is 9.15 Å². The summed E-state index contributed by atoms with van der Waals surface area (Å²) >= 11 is 0. The maximum atomic E-state index is 12.6. The molecule has 0 spiro atoms. The molecule has 3 heteroatoms. The molecule has 0 radical (unpaired) electrons. The van der Waals surface area contributed by atoms with Crippen LogP contribution in [0.3, 0.4) is 0 Å². The lowest BCUT2D eigenvalue weighted by Gasteiger charge is -2.12. The fourth-order valence-electron chi connectivity index (χ4n) is 2.31. The van der Waals surface area contributed by atoms with Crippen LogP contribution in [-0.4, -0.2) is 6.10 Å². The van der Waals surface area contributed by atoms with Crippen LogP contribution in [0.4, 0.5) is 0 Å². The Labute approximate surface area is 129 Å². The number of hydrogen-bond donors (Lipinski definition) is 0. The van der Waals surface area contributed by atoms with Crippen molar-refractivity contribution < 1.29 is 9.15 Å². The van der Waals surface area contributed by atoms with Crippen LogP contribution < -0.4 is 10.2 Å². The molecule has 0 saturated carbocycles. The average molecular weight is 294 g/mol. The monoisotopic (exact) mass is 294 g/mol. The average Bonchev–Trinajstić information content (AvgIpc) is 2.56. The maximum absolute atomic E-state index is 12.6. The van der Waals surface area contributed by atoms with Gasteiger partial charge in [0.15, 0.2) is 5.43 Å². The molecule has 1 aromatic heterocycles. The molecule has 0 amide bonds. The number of hydrogen-bond acceptors (Lipinski definition) is 3. The molecule has 112 valence electrons. The Bertz CT molecular complexity index is 834.